The number of carbonyl (C=O) groups excluding carboxylic acids is 1. The predicted molar refractivity (Wildman–Crippen MR) is 96.2 cm³/mol. The first-order chi connectivity index (χ1) is 11.3. The van der Waals surface area contributed by atoms with Gasteiger partial charge >= 0.3 is 12.0 Å². The van der Waals surface area contributed by atoms with Gasteiger partial charge in [0.25, 0.3) is 0 Å². The maximum absolute atomic E-state index is 12.4. The maximum Gasteiger partial charge on any atom is 0.317 e. The first-order valence-electron chi connectivity index (χ1n) is 9.27. The highest BCUT2D eigenvalue weighted by atomic mass is 16.4. The fourth-order valence-electron chi connectivity index (χ4n) is 3.27. The Labute approximate surface area is 146 Å². The van der Waals surface area contributed by atoms with Crippen molar-refractivity contribution in [3.05, 3.63) is 0 Å². The van der Waals surface area contributed by atoms with Gasteiger partial charge in [0.15, 0.2) is 0 Å². The number of carbonyl (C=O) groups is 2. The molecular weight excluding hydrogens is 306 g/mol. The van der Waals surface area contributed by atoms with E-state index in [0.717, 1.165) is 38.6 Å². The van der Waals surface area contributed by atoms with E-state index in [1.54, 1.807) is 0 Å². The number of urea groups is 1. The number of nitrogens with one attached hydrogen (secondary N) is 1. The minimum absolute atomic E-state index is 0.0218. The lowest BCUT2D eigenvalue weighted by Crippen LogP contribution is -2.44. The topological polar surface area (TPSA) is 72.9 Å². The van der Waals surface area contributed by atoms with Crippen LogP contribution in [0.2, 0.25) is 0 Å². The SMILES string of the molecule is CC(C)CCCC(C)NC(=O)N1CCCC(N(C)CC(=O)O)CC1. The number of carboxylic acids is 1. The molecule has 140 valence electrons. The van der Waals surface area contributed by atoms with Gasteiger partial charge in [-0.2, -0.15) is 0 Å². The molecule has 0 spiro atoms. The zero-order valence-electron chi connectivity index (χ0n) is 15.8. The molecule has 24 heavy (non-hydrogen) atoms. The number of rotatable bonds is 8. The molecule has 0 aromatic carbocycles. The molecule has 0 aromatic rings. The zero-order chi connectivity index (χ0) is 18.1. The van der Waals surface area contributed by atoms with Gasteiger partial charge in [0.05, 0.1) is 6.54 Å². The van der Waals surface area contributed by atoms with E-state index < -0.39 is 5.97 Å². The lowest BCUT2D eigenvalue weighted by molar-refractivity contribution is -0.138. The Kier molecular flexibility index (Phi) is 9.11. The Balaban J connectivity index is 2.37. The molecule has 2 atom stereocenters. The number of likely N-dealkylation sites (tertiary alicyclic amines) is 1. The van der Waals surface area contributed by atoms with Crippen LogP contribution in [0.15, 0.2) is 0 Å². The van der Waals surface area contributed by atoms with Crippen molar-refractivity contribution in [2.75, 3.05) is 26.7 Å². The summed E-state index contributed by atoms with van der Waals surface area (Å²) < 4.78 is 0. The first kappa shape index (κ1) is 20.7. The quantitative estimate of drug-likeness (QED) is 0.712. The Bertz CT molecular complexity index is 401. The van der Waals surface area contributed by atoms with E-state index in [2.05, 4.69) is 26.1 Å². The van der Waals surface area contributed by atoms with Crippen LogP contribution in [0.25, 0.3) is 0 Å². The summed E-state index contributed by atoms with van der Waals surface area (Å²) in [5, 5.41) is 12.0. The molecule has 6 heteroatoms. The molecule has 1 rings (SSSR count). The number of likely N-dealkylation sites (N-methyl/N-ethyl adjacent to an activating group) is 1. The van der Waals surface area contributed by atoms with Crippen molar-refractivity contribution < 1.29 is 14.7 Å². The van der Waals surface area contributed by atoms with Crippen LogP contribution >= 0.6 is 0 Å². The van der Waals surface area contributed by atoms with E-state index in [4.69, 9.17) is 5.11 Å². The summed E-state index contributed by atoms with van der Waals surface area (Å²) in [6, 6.07) is 0.459. The summed E-state index contributed by atoms with van der Waals surface area (Å²) in [5.41, 5.74) is 0. The minimum Gasteiger partial charge on any atom is -0.480 e. The lowest BCUT2D eigenvalue weighted by atomic mass is 10.0. The van der Waals surface area contributed by atoms with E-state index in [-0.39, 0.29) is 24.7 Å². The number of nitrogens with zero attached hydrogens (tertiary/aromatic N) is 2. The third kappa shape index (κ3) is 7.99. The standard InChI is InChI=1S/C18H35N3O3/c1-14(2)7-5-8-15(3)19-18(24)21-11-6-9-16(10-12-21)20(4)13-17(22)23/h14-16H,5-13H2,1-4H3,(H,19,24)(H,22,23). The molecule has 0 bridgehead atoms. The first-order valence-corrected chi connectivity index (χ1v) is 9.27. The van der Waals surface area contributed by atoms with Crippen LogP contribution in [-0.2, 0) is 4.79 Å². The van der Waals surface area contributed by atoms with Crippen LogP contribution < -0.4 is 5.32 Å². The van der Waals surface area contributed by atoms with E-state index in [0.29, 0.717) is 12.5 Å². The van der Waals surface area contributed by atoms with Gasteiger partial charge in [0.1, 0.15) is 0 Å². The number of hydrogen-bond donors (Lipinski definition) is 2. The molecule has 0 saturated carbocycles. The number of carboxylic acid groups (broad SMARTS) is 1. The zero-order valence-corrected chi connectivity index (χ0v) is 15.8. The summed E-state index contributed by atoms with van der Waals surface area (Å²) in [6.07, 6.45) is 6.05. The summed E-state index contributed by atoms with van der Waals surface area (Å²) in [5.74, 6) is -0.0928. The molecule has 1 aliphatic heterocycles. The second-order valence-corrected chi connectivity index (χ2v) is 7.56. The smallest absolute Gasteiger partial charge is 0.317 e. The van der Waals surface area contributed by atoms with Gasteiger partial charge in [-0.05, 0) is 45.6 Å². The van der Waals surface area contributed by atoms with Gasteiger partial charge < -0.3 is 15.3 Å². The minimum atomic E-state index is -0.799. The van der Waals surface area contributed by atoms with E-state index in [9.17, 15) is 9.59 Å². The Morgan fingerprint density at radius 2 is 1.92 bits per heavy atom. The van der Waals surface area contributed by atoms with Crippen molar-refractivity contribution in [2.24, 2.45) is 5.92 Å². The molecule has 1 aliphatic rings. The van der Waals surface area contributed by atoms with Crippen molar-refractivity contribution >= 4 is 12.0 Å². The van der Waals surface area contributed by atoms with Gasteiger partial charge in [0.2, 0.25) is 0 Å². The van der Waals surface area contributed by atoms with Crippen LogP contribution in [0, 0.1) is 5.92 Å². The fourth-order valence-corrected chi connectivity index (χ4v) is 3.27. The van der Waals surface area contributed by atoms with Gasteiger partial charge in [-0.25, -0.2) is 4.79 Å². The van der Waals surface area contributed by atoms with Gasteiger partial charge in [-0.3, -0.25) is 9.69 Å². The average molecular weight is 341 g/mol. The van der Waals surface area contributed by atoms with Crippen LogP contribution in [0.4, 0.5) is 4.79 Å². The molecule has 1 saturated heterocycles. The molecule has 0 aromatic heterocycles. The summed E-state index contributed by atoms with van der Waals surface area (Å²) in [7, 11) is 1.85. The Morgan fingerprint density at radius 3 is 2.54 bits per heavy atom. The van der Waals surface area contributed by atoms with Crippen molar-refractivity contribution in [3.63, 3.8) is 0 Å². The van der Waals surface area contributed by atoms with Crippen molar-refractivity contribution in [3.8, 4) is 0 Å². The van der Waals surface area contributed by atoms with Gasteiger partial charge in [-0.15, -0.1) is 0 Å². The number of hydrogen-bond acceptors (Lipinski definition) is 3. The Morgan fingerprint density at radius 1 is 1.21 bits per heavy atom. The highest BCUT2D eigenvalue weighted by Gasteiger charge is 2.24. The lowest BCUT2D eigenvalue weighted by Gasteiger charge is -2.26. The maximum atomic E-state index is 12.4. The van der Waals surface area contributed by atoms with Crippen molar-refractivity contribution in [1.82, 2.24) is 15.1 Å². The van der Waals surface area contributed by atoms with Crippen LogP contribution in [0.5, 0.6) is 0 Å². The van der Waals surface area contributed by atoms with Gasteiger partial charge in [-0.1, -0.05) is 26.7 Å². The normalized spacial score (nSPS) is 20.1. The molecule has 1 heterocycles. The third-order valence-corrected chi connectivity index (χ3v) is 4.78. The molecular formula is C18H35N3O3. The van der Waals surface area contributed by atoms with Crippen LogP contribution in [-0.4, -0.2) is 65.7 Å². The molecule has 0 radical (unpaired) electrons. The molecule has 2 N–H and O–H groups in total. The van der Waals surface area contributed by atoms with Crippen molar-refractivity contribution in [1.29, 1.82) is 0 Å². The molecule has 0 aliphatic carbocycles. The molecule has 1 fully saturated rings. The van der Waals surface area contributed by atoms with Crippen molar-refractivity contribution in [2.45, 2.75) is 71.4 Å². The summed E-state index contributed by atoms with van der Waals surface area (Å²) in [6.45, 7) is 8.01. The second-order valence-electron chi connectivity index (χ2n) is 7.56. The third-order valence-electron chi connectivity index (χ3n) is 4.78. The van der Waals surface area contributed by atoms with Crippen LogP contribution in [0.3, 0.4) is 0 Å². The van der Waals surface area contributed by atoms with Crippen LogP contribution in [0.1, 0.15) is 59.3 Å². The molecule has 2 unspecified atom stereocenters. The highest BCUT2D eigenvalue weighted by molar-refractivity contribution is 5.74. The number of amides is 2. The van der Waals surface area contributed by atoms with E-state index in [1.165, 1.54) is 6.42 Å². The highest BCUT2D eigenvalue weighted by Crippen LogP contribution is 2.16. The van der Waals surface area contributed by atoms with Gasteiger partial charge in [0, 0.05) is 25.2 Å². The van der Waals surface area contributed by atoms with E-state index >= 15 is 0 Å². The monoisotopic (exact) mass is 341 g/mol. The molecule has 2 amide bonds. The summed E-state index contributed by atoms with van der Waals surface area (Å²) >= 11 is 0. The average Bonchev–Trinajstić information content (AvgIpc) is 2.71. The summed E-state index contributed by atoms with van der Waals surface area (Å²) in [4.78, 5) is 27.0. The molecule has 6 nitrogen and oxygen atoms in total. The Hall–Kier alpha value is -1.30. The predicted octanol–water partition coefficient (Wildman–Crippen LogP) is 2.78. The van der Waals surface area contributed by atoms with E-state index in [1.807, 2.05) is 16.8 Å². The number of aliphatic carboxylic acids is 1. The second kappa shape index (κ2) is 10.5. The largest absolute Gasteiger partial charge is 0.480 e. The fraction of sp³-hybridized carbons (Fsp3) is 0.889.